The first-order valence-corrected chi connectivity index (χ1v) is 7.09. The molecule has 1 fully saturated rings. The van der Waals surface area contributed by atoms with Gasteiger partial charge in [-0.25, -0.2) is 0 Å². The van der Waals surface area contributed by atoms with Crippen molar-refractivity contribution in [3.63, 3.8) is 0 Å². The molecule has 1 aromatic heterocycles. The number of methoxy groups -OCH3 is 1. The fourth-order valence-corrected chi connectivity index (χ4v) is 2.94. The first-order valence-electron chi connectivity index (χ1n) is 6.15. The molecule has 1 saturated heterocycles. The van der Waals surface area contributed by atoms with Crippen LogP contribution in [0.15, 0.2) is 16.8 Å². The highest BCUT2D eigenvalue weighted by Crippen LogP contribution is 2.31. The predicted octanol–water partition coefficient (Wildman–Crippen LogP) is 1.81. The molecule has 0 unspecified atom stereocenters. The normalized spacial score (nSPS) is 18.5. The lowest BCUT2D eigenvalue weighted by atomic mass is 9.80. The van der Waals surface area contributed by atoms with Gasteiger partial charge in [0.1, 0.15) is 0 Å². The third kappa shape index (κ3) is 3.10. The number of ether oxygens (including phenoxy) is 2. The first-order chi connectivity index (χ1) is 8.77. The van der Waals surface area contributed by atoms with E-state index in [1.807, 2.05) is 0 Å². The average molecular weight is 269 g/mol. The smallest absolute Gasteiger partial charge is 0.313 e. The van der Waals surface area contributed by atoms with Crippen molar-refractivity contribution in [2.24, 2.45) is 5.41 Å². The lowest BCUT2D eigenvalue weighted by Gasteiger charge is -2.34. The molecule has 0 bridgehead atoms. The van der Waals surface area contributed by atoms with Crippen LogP contribution in [0.1, 0.15) is 18.4 Å². The highest BCUT2D eigenvalue weighted by atomic mass is 32.1. The van der Waals surface area contributed by atoms with E-state index >= 15 is 0 Å². The maximum Gasteiger partial charge on any atom is 0.313 e. The van der Waals surface area contributed by atoms with Crippen LogP contribution >= 0.6 is 11.3 Å². The Labute approximate surface area is 111 Å². The quantitative estimate of drug-likeness (QED) is 0.828. The van der Waals surface area contributed by atoms with E-state index in [-0.39, 0.29) is 5.97 Å². The third-order valence-electron chi connectivity index (χ3n) is 3.44. The molecule has 0 amide bonds. The summed E-state index contributed by atoms with van der Waals surface area (Å²) < 4.78 is 10.3. The van der Waals surface area contributed by atoms with Gasteiger partial charge in [0.25, 0.3) is 0 Å². The zero-order valence-electron chi connectivity index (χ0n) is 10.6. The lowest BCUT2D eigenvalue weighted by molar-refractivity contribution is -0.158. The third-order valence-corrected chi connectivity index (χ3v) is 4.17. The second kappa shape index (κ2) is 6.31. The molecule has 18 heavy (non-hydrogen) atoms. The second-order valence-electron chi connectivity index (χ2n) is 4.62. The van der Waals surface area contributed by atoms with Gasteiger partial charge in [0.05, 0.1) is 12.5 Å². The number of carbonyl (C=O) groups excluding carboxylic acids is 1. The van der Waals surface area contributed by atoms with Crippen molar-refractivity contribution in [2.75, 3.05) is 26.9 Å². The Kier molecular flexibility index (Phi) is 4.74. The van der Waals surface area contributed by atoms with Gasteiger partial charge in [0, 0.05) is 26.3 Å². The van der Waals surface area contributed by atoms with Gasteiger partial charge in [-0.1, -0.05) is 0 Å². The SMILES string of the molecule is COC(=O)C1(CNCc2ccsc2)CCOCC1. The molecular weight excluding hydrogens is 250 g/mol. The van der Waals surface area contributed by atoms with Crippen LogP contribution in [-0.4, -0.2) is 32.8 Å². The van der Waals surface area contributed by atoms with Gasteiger partial charge in [0.15, 0.2) is 0 Å². The summed E-state index contributed by atoms with van der Waals surface area (Å²) in [6.07, 6.45) is 1.46. The molecule has 0 aromatic carbocycles. The summed E-state index contributed by atoms with van der Waals surface area (Å²) in [5, 5.41) is 7.53. The van der Waals surface area contributed by atoms with Gasteiger partial charge in [-0.3, -0.25) is 4.79 Å². The number of nitrogens with one attached hydrogen (secondary N) is 1. The lowest BCUT2D eigenvalue weighted by Crippen LogP contribution is -2.45. The van der Waals surface area contributed by atoms with Crippen LogP contribution in [0, 0.1) is 5.41 Å². The fraction of sp³-hybridized carbons (Fsp3) is 0.615. The minimum absolute atomic E-state index is 0.122. The molecule has 0 atom stereocenters. The van der Waals surface area contributed by atoms with Crippen molar-refractivity contribution in [1.82, 2.24) is 5.32 Å². The summed E-state index contributed by atoms with van der Waals surface area (Å²) in [4.78, 5) is 12.0. The minimum Gasteiger partial charge on any atom is -0.469 e. The summed E-state index contributed by atoms with van der Waals surface area (Å²) >= 11 is 1.68. The van der Waals surface area contributed by atoms with E-state index in [1.54, 1.807) is 11.3 Å². The van der Waals surface area contributed by atoms with Gasteiger partial charge >= 0.3 is 5.97 Å². The highest BCUT2D eigenvalue weighted by Gasteiger charge is 2.40. The molecule has 0 aliphatic carbocycles. The Balaban J connectivity index is 1.91. The molecule has 0 saturated carbocycles. The number of hydrogen-bond donors (Lipinski definition) is 1. The highest BCUT2D eigenvalue weighted by molar-refractivity contribution is 7.07. The monoisotopic (exact) mass is 269 g/mol. The molecule has 0 radical (unpaired) electrons. The maximum absolute atomic E-state index is 12.0. The van der Waals surface area contributed by atoms with Gasteiger partial charge in [-0.05, 0) is 35.2 Å². The number of hydrogen-bond acceptors (Lipinski definition) is 5. The van der Waals surface area contributed by atoms with E-state index in [0.29, 0.717) is 19.8 Å². The summed E-state index contributed by atoms with van der Waals surface area (Å²) in [6, 6.07) is 2.09. The number of thiophene rings is 1. The van der Waals surface area contributed by atoms with Crippen LogP contribution < -0.4 is 5.32 Å². The molecular formula is C13H19NO3S. The number of carbonyl (C=O) groups is 1. The Bertz CT molecular complexity index is 372. The number of esters is 1. The molecule has 2 rings (SSSR count). The van der Waals surface area contributed by atoms with Crippen molar-refractivity contribution in [3.05, 3.63) is 22.4 Å². The van der Waals surface area contributed by atoms with Gasteiger partial charge in [-0.15, -0.1) is 0 Å². The molecule has 1 aromatic rings. The Morgan fingerprint density at radius 2 is 2.33 bits per heavy atom. The van der Waals surface area contributed by atoms with Crippen LogP contribution in [0.2, 0.25) is 0 Å². The van der Waals surface area contributed by atoms with Gasteiger partial charge in [-0.2, -0.15) is 11.3 Å². The van der Waals surface area contributed by atoms with E-state index in [0.717, 1.165) is 19.4 Å². The zero-order chi connectivity index (χ0) is 12.8. The largest absolute Gasteiger partial charge is 0.469 e. The molecule has 0 spiro atoms. The van der Waals surface area contributed by atoms with Crippen LogP contribution in [-0.2, 0) is 20.8 Å². The summed E-state index contributed by atoms with van der Waals surface area (Å²) in [7, 11) is 1.46. The summed E-state index contributed by atoms with van der Waals surface area (Å²) in [5.41, 5.74) is 0.843. The molecule has 2 heterocycles. The van der Waals surface area contributed by atoms with Crippen molar-refractivity contribution in [3.8, 4) is 0 Å². The Hall–Kier alpha value is -0.910. The minimum atomic E-state index is -0.414. The van der Waals surface area contributed by atoms with Crippen molar-refractivity contribution in [1.29, 1.82) is 0 Å². The standard InChI is InChI=1S/C13H19NO3S/c1-16-12(15)13(3-5-17-6-4-13)10-14-8-11-2-7-18-9-11/h2,7,9,14H,3-6,8,10H2,1H3. The van der Waals surface area contributed by atoms with E-state index in [4.69, 9.17) is 9.47 Å². The second-order valence-corrected chi connectivity index (χ2v) is 5.40. The van der Waals surface area contributed by atoms with Crippen molar-refractivity contribution < 1.29 is 14.3 Å². The fourth-order valence-electron chi connectivity index (χ4n) is 2.27. The van der Waals surface area contributed by atoms with Crippen LogP contribution in [0.4, 0.5) is 0 Å². The van der Waals surface area contributed by atoms with Crippen molar-refractivity contribution >= 4 is 17.3 Å². The molecule has 1 aliphatic heterocycles. The topological polar surface area (TPSA) is 47.6 Å². The summed E-state index contributed by atoms with van der Waals surface area (Å²) in [6.45, 7) is 2.71. The van der Waals surface area contributed by atoms with Crippen LogP contribution in [0.5, 0.6) is 0 Å². The number of rotatable bonds is 5. The molecule has 4 nitrogen and oxygen atoms in total. The van der Waals surface area contributed by atoms with Crippen molar-refractivity contribution in [2.45, 2.75) is 19.4 Å². The van der Waals surface area contributed by atoms with Gasteiger partial charge < -0.3 is 14.8 Å². The molecule has 1 N–H and O–H groups in total. The van der Waals surface area contributed by atoms with E-state index in [1.165, 1.54) is 12.7 Å². The predicted molar refractivity (Wildman–Crippen MR) is 70.5 cm³/mol. The Morgan fingerprint density at radius 1 is 1.56 bits per heavy atom. The first kappa shape index (κ1) is 13.5. The summed E-state index contributed by atoms with van der Waals surface area (Å²) in [5.74, 6) is -0.122. The van der Waals surface area contributed by atoms with Crippen LogP contribution in [0.25, 0.3) is 0 Å². The van der Waals surface area contributed by atoms with Gasteiger partial charge in [0.2, 0.25) is 0 Å². The average Bonchev–Trinajstić information content (AvgIpc) is 2.92. The van der Waals surface area contributed by atoms with E-state index in [9.17, 15) is 4.79 Å². The zero-order valence-corrected chi connectivity index (χ0v) is 11.4. The Morgan fingerprint density at radius 3 is 2.94 bits per heavy atom. The maximum atomic E-state index is 12.0. The van der Waals surface area contributed by atoms with Crippen LogP contribution in [0.3, 0.4) is 0 Å². The molecule has 100 valence electrons. The van der Waals surface area contributed by atoms with E-state index in [2.05, 4.69) is 22.1 Å². The van der Waals surface area contributed by atoms with E-state index < -0.39 is 5.41 Å². The molecule has 1 aliphatic rings. The molecule has 5 heteroatoms.